The van der Waals surface area contributed by atoms with Gasteiger partial charge in [-0.25, -0.2) is 4.39 Å². The van der Waals surface area contributed by atoms with Gasteiger partial charge >= 0.3 is 0 Å². The Morgan fingerprint density at radius 2 is 1.91 bits per heavy atom. The van der Waals surface area contributed by atoms with Crippen molar-refractivity contribution < 1.29 is 14.3 Å². The summed E-state index contributed by atoms with van der Waals surface area (Å²) in [5.41, 5.74) is -0.927. The molecule has 0 spiro atoms. The minimum atomic E-state index is -1.35. The SMILES string of the molecule is C=C[C@]1(C)CC[C@@]2(C)C3C(=O)[C@@H](F)C[C@@]3(CC[C@H]2C)[C@@H](C)[C@@H]1O. The van der Waals surface area contributed by atoms with E-state index in [2.05, 4.69) is 27.4 Å². The number of halogens is 1. The zero-order valence-electron chi connectivity index (χ0n) is 14.9. The molecule has 0 aliphatic heterocycles. The number of ketones is 1. The molecule has 0 amide bonds. The molecule has 0 saturated heterocycles. The van der Waals surface area contributed by atoms with E-state index >= 15 is 0 Å². The Morgan fingerprint density at radius 1 is 1.26 bits per heavy atom. The van der Waals surface area contributed by atoms with Crippen molar-refractivity contribution >= 4 is 5.78 Å². The summed E-state index contributed by atoms with van der Waals surface area (Å²) < 4.78 is 14.5. The molecule has 3 heteroatoms. The van der Waals surface area contributed by atoms with Crippen LogP contribution in [0.4, 0.5) is 4.39 Å². The summed E-state index contributed by atoms with van der Waals surface area (Å²) in [6.07, 6.45) is 3.78. The van der Waals surface area contributed by atoms with Gasteiger partial charge in [-0.05, 0) is 54.8 Å². The van der Waals surface area contributed by atoms with Crippen molar-refractivity contribution in [3.05, 3.63) is 12.7 Å². The van der Waals surface area contributed by atoms with Crippen LogP contribution in [0, 0.1) is 34.0 Å². The van der Waals surface area contributed by atoms with Crippen LogP contribution in [-0.2, 0) is 4.79 Å². The highest BCUT2D eigenvalue weighted by Gasteiger charge is 2.67. The molecule has 23 heavy (non-hydrogen) atoms. The molecule has 2 bridgehead atoms. The van der Waals surface area contributed by atoms with Crippen molar-refractivity contribution in [2.45, 2.75) is 72.1 Å². The third-order valence-electron chi connectivity index (χ3n) is 8.28. The number of Topliss-reactive ketones (excluding diaryl/α,β-unsaturated/α-hetero) is 1. The predicted molar refractivity (Wildman–Crippen MR) is 89.7 cm³/mol. The Balaban J connectivity index is 2.17. The number of aliphatic hydroxyl groups excluding tert-OH is 1. The van der Waals surface area contributed by atoms with Crippen molar-refractivity contribution in [2.75, 3.05) is 0 Å². The maximum absolute atomic E-state index is 14.5. The number of alkyl halides is 1. The van der Waals surface area contributed by atoms with Crippen molar-refractivity contribution in [3.63, 3.8) is 0 Å². The van der Waals surface area contributed by atoms with E-state index in [4.69, 9.17) is 0 Å². The topological polar surface area (TPSA) is 37.3 Å². The number of carbonyl (C=O) groups is 1. The molecule has 2 nitrogen and oxygen atoms in total. The van der Waals surface area contributed by atoms with Crippen LogP contribution in [0.1, 0.15) is 59.8 Å². The summed E-state index contributed by atoms with van der Waals surface area (Å²) in [4.78, 5) is 12.8. The van der Waals surface area contributed by atoms with Crippen LogP contribution in [0.2, 0.25) is 0 Å². The molecule has 3 aliphatic rings. The van der Waals surface area contributed by atoms with Gasteiger partial charge < -0.3 is 5.11 Å². The summed E-state index contributed by atoms with van der Waals surface area (Å²) in [7, 11) is 0. The summed E-state index contributed by atoms with van der Waals surface area (Å²) in [5, 5.41) is 11.1. The molecule has 0 heterocycles. The number of hydrogen-bond acceptors (Lipinski definition) is 2. The lowest BCUT2D eigenvalue weighted by molar-refractivity contribution is -0.159. The average molecular weight is 322 g/mol. The molecule has 0 aromatic carbocycles. The van der Waals surface area contributed by atoms with Crippen LogP contribution in [-0.4, -0.2) is 23.2 Å². The molecule has 3 aliphatic carbocycles. The molecule has 3 rings (SSSR count). The Labute approximate surface area is 139 Å². The van der Waals surface area contributed by atoms with Gasteiger partial charge in [-0.2, -0.15) is 0 Å². The van der Waals surface area contributed by atoms with Gasteiger partial charge in [0.25, 0.3) is 0 Å². The largest absolute Gasteiger partial charge is 0.392 e. The third-order valence-corrected chi connectivity index (χ3v) is 8.28. The summed E-state index contributed by atoms with van der Waals surface area (Å²) >= 11 is 0. The summed E-state index contributed by atoms with van der Waals surface area (Å²) in [6, 6.07) is 0. The maximum atomic E-state index is 14.5. The second kappa shape index (κ2) is 5.15. The molecule has 0 aromatic heterocycles. The lowest BCUT2D eigenvalue weighted by Crippen LogP contribution is -2.57. The van der Waals surface area contributed by atoms with Crippen molar-refractivity contribution in [1.82, 2.24) is 0 Å². The van der Waals surface area contributed by atoms with Crippen LogP contribution in [0.25, 0.3) is 0 Å². The second-order valence-electron chi connectivity index (χ2n) is 9.13. The van der Waals surface area contributed by atoms with Crippen LogP contribution < -0.4 is 0 Å². The molecular weight excluding hydrogens is 291 g/mol. The van der Waals surface area contributed by atoms with Crippen LogP contribution in [0.15, 0.2) is 12.7 Å². The standard InChI is InChI=1S/C20H31FO2/c1-6-18(4)9-10-19(5)12(2)7-8-20(13(3)17(18)23)11-14(21)15(22)16(19)20/h6,12-14,16-17,23H,1,7-11H2,2-5H3/t12-,13+,14+,16?,17+,18-,19-,20+/m1/s1. The van der Waals surface area contributed by atoms with Crippen molar-refractivity contribution in [3.8, 4) is 0 Å². The Bertz CT molecular complexity index is 532. The monoisotopic (exact) mass is 322 g/mol. The van der Waals surface area contributed by atoms with Crippen LogP contribution in [0.5, 0.6) is 0 Å². The van der Waals surface area contributed by atoms with Crippen LogP contribution >= 0.6 is 0 Å². The lowest BCUT2D eigenvalue weighted by Gasteiger charge is -2.59. The van der Waals surface area contributed by atoms with E-state index < -0.39 is 12.3 Å². The highest BCUT2D eigenvalue weighted by molar-refractivity contribution is 5.89. The fourth-order valence-corrected chi connectivity index (χ4v) is 6.21. The first-order valence-electron chi connectivity index (χ1n) is 9.12. The Kier molecular flexibility index (Phi) is 3.83. The first-order valence-corrected chi connectivity index (χ1v) is 9.12. The fourth-order valence-electron chi connectivity index (χ4n) is 6.21. The average Bonchev–Trinajstić information content (AvgIpc) is 2.80. The zero-order chi connectivity index (χ0) is 17.2. The van der Waals surface area contributed by atoms with Gasteiger partial charge in [-0.1, -0.05) is 33.8 Å². The lowest BCUT2D eigenvalue weighted by atomic mass is 9.44. The minimum absolute atomic E-state index is 0.0904. The first-order chi connectivity index (χ1) is 10.6. The highest BCUT2D eigenvalue weighted by atomic mass is 19.1. The van der Waals surface area contributed by atoms with E-state index in [1.165, 1.54) is 0 Å². The number of hydrogen-bond donors (Lipinski definition) is 1. The van der Waals surface area contributed by atoms with Gasteiger partial charge in [-0.15, -0.1) is 6.58 Å². The Morgan fingerprint density at radius 3 is 2.52 bits per heavy atom. The van der Waals surface area contributed by atoms with E-state index in [-0.39, 0.29) is 33.9 Å². The second-order valence-corrected chi connectivity index (χ2v) is 9.13. The quantitative estimate of drug-likeness (QED) is 0.730. The van der Waals surface area contributed by atoms with E-state index in [9.17, 15) is 14.3 Å². The number of aliphatic hydroxyl groups is 1. The normalized spacial score (nSPS) is 56.6. The molecule has 3 saturated carbocycles. The first kappa shape index (κ1) is 17.1. The zero-order valence-corrected chi connectivity index (χ0v) is 14.9. The van der Waals surface area contributed by atoms with Crippen molar-refractivity contribution in [2.24, 2.45) is 34.0 Å². The summed E-state index contributed by atoms with van der Waals surface area (Å²) in [5.74, 6) is -0.119. The van der Waals surface area contributed by atoms with Gasteiger partial charge in [0, 0.05) is 11.3 Å². The number of rotatable bonds is 1. The minimum Gasteiger partial charge on any atom is -0.392 e. The molecule has 1 N–H and O–H groups in total. The van der Waals surface area contributed by atoms with Crippen LogP contribution in [0.3, 0.4) is 0 Å². The maximum Gasteiger partial charge on any atom is 0.171 e. The van der Waals surface area contributed by atoms with Gasteiger partial charge in [0.2, 0.25) is 0 Å². The van der Waals surface area contributed by atoms with Crippen molar-refractivity contribution in [1.29, 1.82) is 0 Å². The fraction of sp³-hybridized carbons (Fsp3) is 0.850. The predicted octanol–water partition coefficient (Wildman–Crippen LogP) is 4.32. The molecular formula is C20H31FO2. The highest BCUT2D eigenvalue weighted by Crippen LogP contribution is 2.67. The molecule has 8 atom stereocenters. The van der Waals surface area contributed by atoms with Gasteiger partial charge in [0.15, 0.2) is 12.0 Å². The number of carbonyl (C=O) groups excluding carboxylic acids is 1. The molecule has 130 valence electrons. The molecule has 0 radical (unpaired) electrons. The van der Waals surface area contributed by atoms with E-state index in [0.29, 0.717) is 12.3 Å². The van der Waals surface area contributed by atoms with E-state index in [0.717, 1.165) is 25.7 Å². The molecule has 0 aromatic rings. The van der Waals surface area contributed by atoms with E-state index in [1.807, 2.05) is 13.0 Å². The Hall–Kier alpha value is -0.700. The van der Waals surface area contributed by atoms with E-state index in [1.54, 1.807) is 0 Å². The van der Waals surface area contributed by atoms with Gasteiger partial charge in [-0.3, -0.25) is 4.79 Å². The summed E-state index contributed by atoms with van der Waals surface area (Å²) in [6.45, 7) is 12.5. The van der Waals surface area contributed by atoms with Gasteiger partial charge in [0.1, 0.15) is 0 Å². The third kappa shape index (κ3) is 2.04. The molecule has 1 unspecified atom stereocenters. The molecule has 3 fully saturated rings. The van der Waals surface area contributed by atoms with Gasteiger partial charge in [0.05, 0.1) is 6.10 Å². The smallest absolute Gasteiger partial charge is 0.171 e.